The molecule has 0 spiro atoms. The van der Waals surface area contributed by atoms with Crippen LogP contribution in [0.1, 0.15) is 15.9 Å². The Morgan fingerprint density at radius 1 is 1.44 bits per heavy atom. The second kappa shape index (κ2) is 5.01. The summed E-state index contributed by atoms with van der Waals surface area (Å²) in [5.41, 5.74) is 12.3. The largest absolute Gasteiger partial charge is 0.382 e. The van der Waals surface area contributed by atoms with Gasteiger partial charge in [-0.25, -0.2) is 0 Å². The zero-order chi connectivity index (χ0) is 13.1. The molecule has 0 saturated heterocycles. The van der Waals surface area contributed by atoms with Crippen molar-refractivity contribution in [1.29, 1.82) is 0 Å². The number of anilines is 2. The molecule has 0 aromatic carbocycles. The van der Waals surface area contributed by atoms with Gasteiger partial charge in [0, 0.05) is 26.0 Å². The van der Waals surface area contributed by atoms with Gasteiger partial charge in [0.15, 0.2) is 5.82 Å². The molecule has 94 valence electrons. The Balaban J connectivity index is 2.24. The third-order valence-corrected chi connectivity index (χ3v) is 3.44. The quantitative estimate of drug-likeness (QED) is 0.852. The van der Waals surface area contributed by atoms with E-state index in [1.54, 1.807) is 12.4 Å². The first kappa shape index (κ1) is 12.3. The van der Waals surface area contributed by atoms with Gasteiger partial charge in [0.05, 0.1) is 0 Å². The second-order valence-electron chi connectivity index (χ2n) is 3.82. The molecule has 2 rings (SSSR count). The Kier molecular flexibility index (Phi) is 3.42. The Hall–Kier alpha value is -2.15. The van der Waals surface area contributed by atoms with E-state index in [-0.39, 0.29) is 11.4 Å². The van der Waals surface area contributed by atoms with E-state index in [1.807, 2.05) is 24.1 Å². The minimum absolute atomic E-state index is 0.184. The van der Waals surface area contributed by atoms with Crippen molar-refractivity contribution in [2.45, 2.75) is 6.54 Å². The molecule has 0 bridgehead atoms. The molecule has 0 radical (unpaired) electrons. The predicted molar refractivity (Wildman–Crippen MR) is 71.4 cm³/mol. The van der Waals surface area contributed by atoms with Crippen molar-refractivity contribution >= 4 is 28.3 Å². The van der Waals surface area contributed by atoms with E-state index in [2.05, 4.69) is 9.36 Å². The lowest BCUT2D eigenvalue weighted by Crippen LogP contribution is -2.21. The van der Waals surface area contributed by atoms with Crippen molar-refractivity contribution in [3.63, 3.8) is 0 Å². The van der Waals surface area contributed by atoms with Crippen LogP contribution in [-0.2, 0) is 6.54 Å². The lowest BCUT2D eigenvalue weighted by atomic mass is 10.2. The number of aromatic nitrogens is 2. The molecule has 0 atom stereocenters. The van der Waals surface area contributed by atoms with Crippen molar-refractivity contribution in [2.75, 3.05) is 17.7 Å². The third kappa shape index (κ3) is 2.40. The summed E-state index contributed by atoms with van der Waals surface area (Å²) in [5.74, 6) is -0.373. The molecule has 4 N–H and O–H groups in total. The highest BCUT2D eigenvalue weighted by Crippen LogP contribution is 2.30. The highest BCUT2D eigenvalue weighted by molar-refractivity contribution is 7.11. The number of pyridine rings is 1. The van der Waals surface area contributed by atoms with Crippen LogP contribution in [0.3, 0.4) is 0 Å². The van der Waals surface area contributed by atoms with Crippen molar-refractivity contribution in [2.24, 2.45) is 5.73 Å². The van der Waals surface area contributed by atoms with Crippen molar-refractivity contribution in [3.05, 3.63) is 35.7 Å². The highest BCUT2D eigenvalue weighted by atomic mass is 32.1. The number of nitrogen functional groups attached to an aromatic ring is 1. The fraction of sp³-hybridized carbons (Fsp3) is 0.182. The van der Waals surface area contributed by atoms with E-state index >= 15 is 0 Å². The van der Waals surface area contributed by atoms with Gasteiger partial charge in [-0.15, -0.1) is 0 Å². The van der Waals surface area contributed by atoms with Crippen molar-refractivity contribution in [1.82, 2.24) is 9.36 Å². The first-order valence-electron chi connectivity index (χ1n) is 5.24. The molecule has 0 saturated carbocycles. The van der Waals surface area contributed by atoms with Crippen molar-refractivity contribution in [3.8, 4) is 0 Å². The first-order valence-corrected chi connectivity index (χ1v) is 6.02. The summed E-state index contributed by atoms with van der Waals surface area (Å²) in [6.07, 6.45) is 3.44. The van der Waals surface area contributed by atoms with Gasteiger partial charge in [-0.2, -0.15) is 4.37 Å². The SMILES string of the molecule is CN(Cc1ccncc1)c1snc(N)c1C(N)=O. The Bertz CT molecular complexity index is 554. The van der Waals surface area contributed by atoms with E-state index in [0.29, 0.717) is 11.5 Å². The lowest BCUT2D eigenvalue weighted by molar-refractivity contribution is 0.100. The lowest BCUT2D eigenvalue weighted by Gasteiger charge is -2.17. The van der Waals surface area contributed by atoms with Crippen molar-refractivity contribution < 1.29 is 4.79 Å². The minimum Gasteiger partial charge on any atom is -0.382 e. The molecule has 7 heteroatoms. The zero-order valence-corrected chi connectivity index (χ0v) is 10.6. The second-order valence-corrected chi connectivity index (χ2v) is 4.58. The van der Waals surface area contributed by atoms with E-state index in [9.17, 15) is 4.79 Å². The van der Waals surface area contributed by atoms with Gasteiger partial charge >= 0.3 is 0 Å². The summed E-state index contributed by atoms with van der Waals surface area (Å²) in [5, 5.41) is 0.678. The van der Waals surface area contributed by atoms with Crippen LogP contribution in [0, 0.1) is 0 Å². The number of carbonyl (C=O) groups is 1. The Morgan fingerprint density at radius 3 is 2.72 bits per heavy atom. The molecule has 2 aromatic heterocycles. The number of rotatable bonds is 4. The molecule has 2 heterocycles. The molecule has 0 aliphatic rings. The van der Waals surface area contributed by atoms with Gasteiger partial charge in [0.1, 0.15) is 10.6 Å². The Labute approximate surface area is 108 Å². The monoisotopic (exact) mass is 263 g/mol. The van der Waals surface area contributed by atoms with Crippen LogP contribution in [-0.4, -0.2) is 22.3 Å². The standard InChI is InChI=1S/C11H13N5OS/c1-16(6-7-2-4-14-5-3-7)11-8(10(13)17)9(12)15-18-11/h2-5H,6H2,1H3,(H2,12,15)(H2,13,17). The van der Waals surface area contributed by atoms with Gasteiger partial charge in [-0.05, 0) is 29.2 Å². The smallest absolute Gasteiger partial charge is 0.255 e. The van der Waals surface area contributed by atoms with Gasteiger partial charge in [-0.3, -0.25) is 9.78 Å². The first-order chi connectivity index (χ1) is 8.59. The summed E-state index contributed by atoms with van der Waals surface area (Å²) < 4.78 is 3.97. The fourth-order valence-corrected chi connectivity index (χ4v) is 2.40. The van der Waals surface area contributed by atoms with E-state index in [4.69, 9.17) is 11.5 Å². The summed E-state index contributed by atoms with van der Waals surface area (Å²) in [6.45, 7) is 0.629. The Morgan fingerprint density at radius 2 is 2.11 bits per heavy atom. The average molecular weight is 263 g/mol. The van der Waals surface area contributed by atoms with Gasteiger partial charge in [0.25, 0.3) is 5.91 Å². The molecular weight excluding hydrogens is 250 g/mol. The molecule has 18 heavy (non-hydrogen) atoms. The van der Waals surface area contributed by atoms with Crippen LogP contribution < -0.4 is 16.4 Å². The van der Waals surface area contributed by atoms with Gasteiger partial charge in [0.2, 0.25) is 0 Å². The molecule has 6 nitrogen and oxygen atoms in total. The van der Waals surface area contributed by atoms with Crippen LogP contribution in [0.2, 0.25) is 0 Å². The number of amides is 1. The predicted octanol–water partition coefficient (Wildman–Crippen LogP) is 0.856. The van der Waals surface area contributed by atoms with E-state index in [1.165, 1.54) is 11.5 Å². The maximum absolute atomic E-state index is 11.3. The van der Waals surface area contributed by atoms with Crippen LogP contribution in [0.4, 0.5) is 10.8 Å². The summed E-state index contributed by atoms with van der Waals surface area (Å²) in [6, 6.07) is 3.82. The molecular formula is C11H13N5OS. The summed E-state index contributed by atoms with van der Waals surface area (Å²) in [7, 11) is 1.86. The van der Waals surface area contributed by atoms with E-state index in [0.717, 1.165) is 5.56 Å². The molecule has 0 fully saturated rings. The number of hydrogen-bond donors (Lipinski definition) is 2. The maximum atomic E-state index is 11.3. The van der Waals surface area contributed by atoms with E-state index < -0.39 is 5.91 Å². The highest BCUT2D eigenvalue weighted by Gasteiger charge is 2.19. The number of nitrogens with two attached hydrogens (primary N) is 2. The third-order valence-electron chi connectivity index (χ3n) is 2.46. The molecule has 0 unspecified atom stereocenters. The number of nitrogens with zero attached hydrogens (tertiary/aromatic N) is 3. The minimum atomic E-state index is -0.558. The van der Waals surface area contributed by atoms with Gasteiger partial charge in [-0.1, -0.05) is 0 Å². The van der Waals surface area contributed by atoms with Crippen LogP contribution in [0.25, 0.3) is 0 Å². The van der Waals surface area contributed by atoms with Gasteiger partial charge < -0.3 is 16.4 Å². The normalized spacial score (nSPS) is 10.3. The fourth-order valence-electron chi connectivity index (χ4n) is 1.62. The average Bonchev–Trinajstić information content (AvgIpc) is 2.72. The summed E-state index contributed by atoms with van der Waals surface area (Å²) >= 11 is 1.17. The zero-order valence-electron chi connectivity index (χ0n) is 9.83. The number of carbonyl (C=O) groups excluding carboxylic acids is 1. The number of primary amides is 1. The summed E-state index contributed by atoms with van der Waals surface area (Å²) in [4.78, 5) is 17.2. The molecule has 0 aliphatic carbocycles. The van der Waals surface area contributed by atoms with Crippen LogP contribution in [0.5, 0.6) is 0 Å². The molecule has 2 aromatic rings. The maximum Gasteiger partial charge on any atom is 0.255 e. The van der Waals surface area contributed by atoms with Crippen LogP contribution in [0.15, 0.2) is 24.5 Å². The van der Waals surface area contributed by atoms with Crippen LogP contribution >= 0.6 is 11.5 Å². The molecule has 0 aliphatic heterocycles. The number of hydrogen-bond acceptors (Lipinski definition) is 6. The molecule has 1 amide bonds. The topological polar surface area (TPSA) is 98.1 Å².